The van der Waals surface area contributed by atoms with Crippen molar-refractivity contribution in [1.82, 2.24) is 4.90 Å². The van der Waals surface area contributed by atoms with Crippen LogP contribution in [0.4, 0.5) is 0 Å². The molecule has 3 aromatic carbocycles. The molecule has 36 heavy (non-hydrogen) atoms. The number of aromatic hydroxyl groups is 1. The van der Waals surface area contributed by atoms with E-state index in [0.717, 1.165) is 47.0 Å². The molecule has 0 bridgehead atoms. The van der Waals surface area contributed by atoms with Gasteiger partial charge >= 0.3 is 0 Å². The van der Waals surface area contributed by atoms with Gasteiger partial charge in [0.15, 0.2) is 5.75 Å². The zero-order valence-corrected chi connectivity index (χ0v) is 21.9. The summed E-state index contributed by atoms with van der Waals surface area (Å²) in [4.78, 5) is 16.5. The van der Waals surface area contributed by atoms with Crippen LogP contribution in [0.3, 0.4) is 0 Å². The highest BCUT2D eigenvalue weighted by molar-refractivity contribution is 7.21. The van der Waals surface area contributed by atoms with Gasteiger partial charge in [0.2, 0.25) is 5.78 Å². The summed E-state index contributed by atoms with van der Waals surface area (Å²) in [5.41, 5.74) is 1.36. The number of nitrogens with zero attached hydrogens (tertiary/aromatic N) is 1. The number of fused-ring (bicyclic) bond motifs is 1. The number of phenolic OH excluding ortho intramolecular Hbond substituents is 1. The van der Waals surface area contributed by atoms with Crippen molar-refractivity contribution in [1.29, 1.82) is 0 Å². The number of benzene rings is 3. The first-order chi connectivity index (χ1) is 17.4. The Labute approximate surface area is 219 Å². The lowest BCUT2D eigenvalue weighted by molar-refractivity contribution is 0.104. The summed E-state index contributed by atoms with van der Waals surface area (Å²) < 4.78 is 13.0. The Morgan fingerprint density at radius 2 is 1.89 bits per heavy atom. The number of rotatable bonds is 8. The highest BCUT2D eigenvalue weighted by Crippen LogP contribution is 2.43. The van der Waals surface area contributed by atoms with Crippen LogP contribution in [0.25, 0.3) is 10.1 Å². The van der Waals surface area contributed by atoms with Crippen molar-refractivity contribution in [2.75, 3.05) is 26.2 Å². The summed E-state index contributed by atoms with van der Waals surface area (Å²) in [6, 6.07) is 17.7. The van der Waals surface area contributed by atoms with E-state index >= 15 is 0 Å². The van der Waals surface area contributed by atoms with Crippen LogP contribution in [-0.4, -0.2) is 42.0 Å². The molecule has 5 nitrogen and oxygen atoms in total. The zero-order valence-electron chi connectivity index (χ0n) is 20.3. The number of thiophene rings is 1. The number of halogens is 1. The molecule has 186 valence electrons. The van der Waals surface area contributed by atoms with Crippen LogP contribution in [0.15, 0.2) is 60.7 Å². The molecule has 4 aromatic rings. The highest BCUT2D eigenvalue weighted by Gasteiger charge is 2.24. The molecule has 0 spiro atoms. The molecule has 0 amide bonds. The zero-order chi connectivity index (χ0) is 25.2. The quantitative estimate of drug-likeness (QED) is 0.246. The van der Waals surface area contributed by atoms with E-state index < -0.39 is 0 Å². The number of carbonyl (C=O) groups is 1. The van der Waals surface area contributed by atoms with E-state index in [9.17, 15) is 9.90 Å². The van der Waals surface area contributed by atoms with Crippen molar-refractivity contribution >= 4 is 38.8 Å². The molecule has 0 aliphatic carbocycles. The summed E-state index contributed by atoms with van der Waals surface area (Å²) in [6.45, 7) is 8.01. The smallest absolute Gasteiger partial charge is 0.207 e. The number of ketones is 1. The van der Waals surface area contributed by atoms with Crippen LogP contribution in [-0.2, 0) is 0 Å². The molecule has 5 rings (SSSR count). The third kappa shape index (κ3) is 5.36. The molecule has 7 heteroatoms. The minimum absolute atomic E-state index is 0.137. The molecule has 1 aliphatic heterocycles. The number of hydrogen-bond donors (Lipinski definition) is 1. The topological polar surface area (TPSA) is 59.0 Å². The van der Waals surface area contributed by atoms with Crippen molar-refractivity contribution in [2.45, 2.75) is 20.3 Å². The second-order valence-electron chi connectivity index (χ2n) is 9.35. The average Bonchev–Trinajstić information content (AvgIpc) is 3.44. The van der Waals surface area contributed by atoms with E-state index in [1.807, 2.05) is 37.3 Å². The first-order valence-corrected chi connectivity index (χ1v) is 13.3. The summed E-state index contributed by atoms with van der Waals surface area (Å²) >= 11 is 7.48. The van der Waals surface area contributed by atoms with Gasteiger partial charge in [0.25, 0.3) is 0 Å². The first-order valence-electron chi connectivity index (χ1n) is 12.1. The summed E-state index contributed by atoms with van der Waals surface area (Å²) in [5.74, 6) is 2.58. The monoisotopic (exact) mass is 521 g/mol. The summed E-state index contributed by atoms with van der Waals surface area (Å²) in [7, 11) is 0. The Kier molecular flexibility index (Phi) is 7.19. The van der Waals surface area contributed by atoms with Gasteiger partial charge in [-0.2, -0.15) is 0 Å². The van der Waals surface area contributed by atoms with Crippen molar-refractivity contribution in [3.05, 3.63) is 81.7 Å². The minimum Gasteiger partial charge on any atom is -0.508 e. The number of hydrogen-bond acceptors (Lipinski definition) is 6. The van der Waals surface area contributed by atoms with Crippen LogP contribution in [0.2, 0.25) is 5.02 Å². The van der Waals surface area contributed by atoms with Crippen LogP contribution in [0, 0.1) is 12.8 Å². The molecule has 0 radical (unpaired) electrons. The van der Waals surface area contributed by atoms with Crippen LogP contribution in [0.5, 0.6) is 23.0 Å². The SMILES string of the molecule is Cc1ccc(Cl)cc1C(=O)c1sc2cc(O)ccc2c1Oc1ccc(OCCN2CC[C@H](C)C2)cc1. The van der Waals surface area contributed by atoms with Crippen molar-refractivity contribution in [3.63, 3.8) is 0 Å². The van der Waals surface area contributed by atoms with Gasteiger partial charge < -0.3 is 14.6 Å². The van der Waals surface area contributed by atoms with Crippen molar-refractivity contribution in [2.24, 2.45) is 5.92 Å². The average molecular weight is 522 g/mol. The van der Waals surface area contributed by atoms with Gasteiger partial charge in [-0.15, -0.1) is 11.3 Å². The third-order valence-corrected chi connectivity index (χ3v) is 7.87. The Bertz CT molecular complexity index is 1400. The molecule has 1 aromatic heterocycles. The highest BCUT2D eigenvalue weighted by atomic mass is 35.5. The Morgan fingerprint density at radius 3 is 2.64 bits per heavy atom. The van der Waals surface area contributed by atoms with Crippen LogP contribution in [0.1, 0.15) is 34.1 Å². The number of ether oxygens (including phenoxy) is 2. The van der Waals surface area contributed by atoms with E-state index in [4.69, 9.17) is 21.1 Å². The molecule has 1 atom stereocenters. The predicted octanol–water partition coefficient (Wildman–Crippen LogP) is 7.31. The number of likely N-dealkylation sites (tertiary alicyclic amines) is 1. The van der Waals surface area contributed by atoms with Crippen LogP contribution < -0.4 is 9.47 Å². The standard InChI is InChI=1S/C29H28ClNO4S/c1-18-11-12-31(17-18)13-14-34-22-6-8-23(9-7-22)35-28-24-10-5-21(32)16-26(24)36-29(28)27(33)25-15-20(30)4-3-19(25)2/h3-10,15-16,18,32H,11-14,17H2,1-2H3/t18-/m0/s1. The first kappa shape index (κ1) is 24.6. The molecule has 1 saturated heterocycles. The van der Waals surface area contributed by atoms with Crippen molar-refractivity contribution in [3.8, 4) is 23.0 Å². The Morgan fingerprint density at radius 1 is 1.11 bits per heavy atom. The lowest BCUT2D eigenvalue weighted by Gasteiger charge is -2.15. The molecule has 1 N–H and O–H groups in total. The van der Waals surface area contributed by atoms with Gasteiger partial charge in [0.05, 0.1) is 0 Å². The number of aryl methyl sites for hydroxylation is 1. The molecule has 1 aliphatic rings. The second kappa shape index (κ2) is 10.5. The third-order valence-electron chi connectivity index (χ3n) is 6.51. The van der Waals surface area contributed by atoms with Gasteiger partial charge in [-0.3, -0.25) is 9.69 Å². The molecular weight excluding hydrogens is 494 g/mol. The minimum atomic E-state index is -0.165. The predicted molar refractivity (Wildman–Crippen MR) is 145 cm³/mol. The Hall–Kier alpha value is -3.06. The van der Waals surface area contributed by atoms with Crippen LogP contribution >= 0.6 is 22.9 Å². The summed E-state index contributed by atoms with van der Waals surface area (Å²) in [5, 5.41) is 11.3. The lowest BCUT2D eigenvalue weighted by Crippen LogP contribution is -2.25. The van der Waals surface area contributed by atoms with Gasteiger partial charge in [-0.1, -0.05) is 24.6 Å². The van der Waals surface area contributed by atoms with Gasteiger partial charge in [0.1, 0.15) is 28.7 Å². The van der Waals surface area contributed by atoms with Gasteiger partial charge in [-0.25, -0.2) is 0 Å². The van der Waals surface area contributed by atoms with E-state index in [0.29, 0.717) is 33.6 Å². The largest absolute Gasteiger partial charge is 0.508 e. The molecule has 1 fully saturated rings. The van der Waals surface area contributed by atoms with Crippen molar-refractivity contribution < 1.29 is 19.4 Å². The molecule has 0 unspecified atom stereocenters. The lowest BCUT2D eigenvalue weighted by atomic mass is 10.0. The van der Waals surface area contributed by atoms with E-state index in [1.165, 1.54) is 17.8 Å². The number of phenols is 1. The second-order valence-corrected chi connectivity index (χ2v) is 10.8. The maximum atomic E-state index is 13.6. The molecule has 2 heterocycles. The molecular formula is C29H28ClNO4S. The fourth-order valence-electron chi connectivity index (χ4n) is 4.52. The maximum absolute atomic E-state index is 13.6. The van der Waals surface area contributed by atoms with E-state index in [1.54, 1.807) is 30.3 Å². The fraction of sp³-hybridized carbons (Fsp3) is 0.276. The van der Waals surface area contributed by atoms with E-state index in [2.05, 4.69) is 11.8 Å². The van der Waals surface area contributed by atoms with Gasteiger partial charge in [-0.05, 0) is 86.0 Å². The number of carbonyl (C=O) groups excluding carboxylic acids is 1. The normalized spacial score (nSPS) is 15.9. The summed E-state index contributed by atoms with van der Waals surface area (Å²) in [6.07, 6.45) is 1.25. The van der Waals surface area contributed by atoms with E-state index in [-0.39, 0.29) is 11.5 Å². The fourth-order valence-corrected chi connectivity index (χ4v) is 5.81. The maximum Gasteiger partial charge on any atom is 0.207 e. The molecule has 0 saturated carbocycles. The Balaban J connectivity index is 1.37. The van der Waals surface area contributed by atoms with Gasteiger partial charge in [0, 0.05) is 33.8 Å².